The lowest BCUT2D eigenvalue weighted by Gasteiger charge is -1.95. The maximum atomic E-state index is 11.5. The number of aryl methyl sites for hydroxylation is 1. The predicted octanol–water partition coefficient (Wildman–Crippen LogP) is 2.34. The number of benzene rings is 1. The van der Waals surface area contributed by atoms with Crippen molar-refractivity contribution in [2.24, 2.45) is 0 Å². The minimum absolute atomic E-state index is 0.190. The summed E-state index contributed by atoms with van der Waals surface area (Å²) < 4.78 is 4.82. The number of aromatic hydroxyl groups is 1. The number of phenols is 1. The molecule has 1 aromatic carbocycles. The molecule has 18 heavy (non-hydrogen) atoms. The van der Waals surface area contributed by atoms with Crippen molar-refractivity contribution < 1.29 is 14.4 Å². The maximum absolute atomic E-state index is 11.5. The van der Waals surface area contributed by atoms with Gasteiger partial charge in [0.25, 0.3) is 0 Å². The molecular weight excluding hydrogens is 232 g/mol. The van der Waals surface area contributed by atoms with Crippen molar-refractivity contribution in [3.63, 3.8) is 0 Å². The number of hydrogen-bond acceptors (Lipinski definition) is 4. The molecule has 0 fully saturated rings. The fourth-order valence-corrected chi connectivity index (χ4v) is 1.35. The third kappa shape index (κ3) is 3.21. The molecule has 2 N–H and O–H groups in total. The zero-order valence-electron chi connectivity index (χ0n) is 9.75. The van der Waals surface area contributed by atoms with E-state index in [4.69, 9.17) is 9.63 Å². The third-order valence-electron chi connectivity index (χ3n) is 2.20. The fraction of sp³-hybridized carbons (Fsp3) is 0.0769. The number of hydrogen-bond donors (Lipinski definition) is 2. The smallest absolute Gasteiger partial charge is 0.249 e. The van der Waals surface area contributed by atoms with Gasteiger partial charge in [-0.1, -0.05) is 17.3 Å². The van der Waals surface area contributed by atoms with Gasteiger partial charge >= 0.3 is 0 Å². The van der Waals surface area contributed by atoms with E-state index in [2.05, 4.69) is 10.5 Å². The van der Waals surface area contributed by atoms with Crippen molar-refractivity contribution in [1.29, 1.82) is 0 Å². The molecule has 0 radical (unpaired) electrons. The van der Waals surface area contributed by atoms with Gasteiger partial charge in [0.1, 0.15) is 11.5 Å². The van der Waals surface area contributed by atoms with Gasteiger partial charge < -0.3 is 14.9 Å². The number of carbonyl (C=O) groups is 1. The van der Waals surface area contributed by atoms with Gasteiger partial charge in [-0.05, 0) is 30.7 Å². The monoisotopic (exact) mass is 244 g/mol. The second kappa shape index (κ2) is 5.18. The topological polar surface area (TPSA) is 75.4 Å². The summed E-state index contributed by atoms with van der Waals surface area (Å²) in [5, 5.41) is 15.3. The van der Waals surface area contributed by atoms with Crippen LogP contribution in [0.2, 0.25) is 0 Å². The first-order valence-electron chi connectivity index (χ1n) is 5.35. The van der Waals surface area contributed by atoms with Gasteiger partial charge in [-0.3, -0.25) is 4.79 Å². The number of amides is 1. The molecule has 5 heteroatoms. The maximum Gasteiger partial charge on any atom is 0.249 e. The number of anilines is 1. The van der Waals surface area contributed by atoms with Crippen LogP contribution >= 0.6 is 0 Å². The number of carbonyl (C=O) groups excluding carboxylic acids is 1. The van der Waals surface area contributed by atoms with E-state index < -0.39 is 0 Å². The number of aromatic nitrogens is 1. The Morgan fingerprint density at radius 1 is 1.39 bits per heavy atom. The Hall–Kier alpha value is -2.56. The Morgan fingerprint density at radius 3 is 2.72 bits per heavy atom. The van der Waals surface area contributed by atoms with Gasteiger partial charge in [0.05, 0.1) is 0 Å². The van der Waals surface area contributed by atoms with Gasteiger partial charge in [-0.15, -0.1) is 0 Å². The Bertz CT molecular complexity index is 570. The van der Waals surface area contributed by atoms with Crippen LogP contribution in [-0.4, -0.2) is 16.2 Å². The summed E-state index contributed by atoms with van der Waals surface area (Å²) in [5.74, 6) is 0.909. The molecule has 0 unspecified atom stereocenters. The first kappa shape index (κ1) is 11.9. The molecule has 5 nitrogen and oxygen atoms in total. The van der Waals surface area contributed by atoms with Crippen LogP contribution in [0.4, 0.5) is 5.82 Å². The first-order chi connectivity index (χ1) is 8.63. The molecule has 0 atom stereocenters. The quantitative estimate of drug-likeness (QED) is 0.812. The van der Waals surface area contributed by atoms with Crippen LogP contribution in [0.1, 0.15) is 11.3 Å². The summed E-state index contributed by atoms with van der Waals surface area (Å²) in [6.07, 6.45) is 3.03. The van der Waals surface area contributed by atoms with Crippen molar-refractivity contribution in [3.8, 4) is 5.75 Å². The van der Waals surface area contributed by atoms with E-state index in [9.17, 15) is 4.79 Å². The van der Waals surface area contributed by atoms with Crippen LogP contribution in [-0.2, 0) is 4.79 Å². The van der Waals surface area contributed by atoms with E-state index in [0.29, 0.717) is 11.6 Å². The van der Waals surface area contributed by atoms with Crippen molar-refractivity contribution in [1.82, 2.24) is 5.16 Å². The van der Waals surface area contributed by atoms with E-state index in [0.717, 1.165) is 5.56 Å². The van der Waals surface area contributed by atoms with Crippen molar-refractivity contribution in [2.75, 3.05) is 5.32 Å². The predicted molar refractivity (Wildman–Crippen MR) is 67.0 cm³/mol. The van der Waals surface area contributed by atoms with Crippen molar-refractivity contribution in [3.05, 3.63) is 47.7 Å². The highest BCUT2D eigenvalue weighted by atomic mass is 16.5. The van der Waals surface area contributed by atoms with Gasteiger partial charge in [0.2, 0.25) is 5.91 Å². The largest absolute Gasteiger partial charge is 0.508 e. The molecule has 2 rings (SSSR count). The molecule has 1 amide bonds. The minimum atomic E-state index is -0.295. The highest BCUT2D eigenvalue weighted by molar-refractivity contribution is 6.01. The number of rotatable bonds is 3. The third-order valence-corrected chi connectivity index (χ3v) is 2.20. The Labute approximate surface area is 104 Å². The molecule has 1 aromatic heterocycles. The Balaban J connectivity index is 1.96. The van der Waals surface area contributed by atoms with E-state index >= 15 is 0 Å². The van der Waals surface area contributed by atoms with Crippen LogP contribution in [0.3, 0.4) is 0 Å². The summed E-state index contributed by atoms with van der Waals surface area (Å²) in [5.41, 5.74) is 0.819. The standard InChI is InChI=1S/C13H12N2O3/c1-9-8-12(15-18-9)14-13(17)7-4-10-2-5-11(16)6-3-10/h2-8,16H,1H3,(H,14,15,17)/b7-4+. The zero-order valence-corrected chi connectivity index (χ0v) is 9.75. The Morgan fingerprint density at radius 2 is 2.11 bits per heavy atom. The molecule has 0 aliphatic rings. The Kier molecular flexibility index (Phi) is 3.43. The number of nitrogens with one attached hydrogen (secondary N) is 1. The van der Waals surface area contributed by atoms with Crippen molar-refractivity contribution >= 4 is 17.8 Å². The lowest BCUT2D eigenvalue weighted by atomic mass is 10.2. The average Bonchev–Trinajstić information content (AvgIpc) is 2.74. The highest BCUT2D eigenvalue weighted by Crippen LogP contribution is 2.11. The summed E-state index contributed by atoms with van der Waals surface area (Å²) >= 11 is 0. The van der Waals surface area contributed by atoms with Gasteiger partial charge in [0.15, 0.2) is 5.82 Å². The van der Waals surface area contributed by atoms with Crippen LogP contribution in [0.5, 0.6) is 5.75 Å². The van der Waals surface area contributed by atoms with E-state index in [-0.39, 0.29) is 11.7 Å². The number of phenolic OH excluding ortho intramolecular Hbond substituents is 1. The molecule has 0 aliphatic heterocycles. The van der Waals surface area contributed by atoms with Crippen LogP contribution in [0.15, 0.2) is 40.9 Å². The molecular formula is C13H12N2O3. The summed E-state index contributed by atoms with van der Waals surface area (Å²) in [4.78, 5) is 11.5. The molecule has 2 aromatic rings. The zero-order chi connectivity index (χ0) is 13.0. The van der Waals surface area contributed by atoms with Crippen molar-refractivity contribution in [2.45, 2.75) is 6.92 Å². The summed E-state index contributed by atoms with van der Waals surface area (Å²) in [7, 11) is 0. The van der Waals surface area contributed by atoms with Gasteiger partial charge in [0, 0.05) is 12.1 Å². The summed E-state index contributed by atoms with van der Waals surface area (Å²) in [6, 6.07) is 8.15. The molecule has 0 saturated heterocycles. The van der Waals surface area contributed by atoms with Crippen LogP contribution in [0, 0.1) is 6.92 Å². The van der Waals surface area contributed by atoms with Gasteiger partial charge in [-0.25, -0.2) is 0 Å². The van der Waals surface area contributed by atoms with E-state index in [1.807, 2.05) is 0 Å². The average molecular weight is 244 g/mol. The lowest BCUT2D eigenvalue weighted by Crippen LogP contribution is -2.07. The van der Waals surface area contributed by atoms with Crippen LogP contribution in [0.25, 0.3) is 6.08 Å². The molecule has 0 aliphatic carbocycles. The van der Waals surface area contributed by atoms with Crippen LogP contribution < -0.4 is 5.32 Å². The van der Waals surface area contributed by atoms with E-state index in [1.165, 1.54) is 6.08 Å². The SMILES string of the molecule is Cc1cc(NC(=O)/C=C/c2ccc(O)cc2)no1. The normalized spacial score (nSPS) is 10.7. The first-order valence-corrected chi connectivity index (χ1v) is 5.35. The molecule has 0 bridgehead atoms. The molecule has 92 valence electrons. The lowest BCUT2D eigenvalue weighted by molar-refractivity contribution is -0.111. The fourth-order valence-electron chi connectivity index (χ4n) is 1.35. The van der Waals surface area contributed by atoms with Gasteiger partial charge in [-0.2, -0.15) is 0 Å². The number of nitrogens with zero attached hydrogens (tertiary/aromatic N) is 1. The highest BCUT2D eigenvalue weighted by Gasteiger charge is 2.02. The second-order valence-corrected chi connectivity index (χ2v) is 3.74. The summed E-state index contributed by atoms with van der Waals surface area (Å²) in [6.45, 7) is 1.74. The van der Waals surface area contributed by atoms with E-state index in [1.54, 1.807) is 43.3 Å². The second-order valence-electron chi connectivity index (χ2n) is 3.74. The minimum Gasteiger partial charge on any atom is -0.508 e. The molecule has 0 saturated carbocycles. The molecule has 0 spiro atoms. The molecule has 1 heterocycles.